The van der Waals surface area contributed by atoms with Crippen LogP contribution in [0.1, 0.15) is 23.6 Å². The van der Waals surface area contributed by atoms with Crippen LogP contribution in [0, 0.1) is 12.8 Å². The number of aromatic amines is 1. The SMILES string of the molecule is Cc1cccc2c(C3NCCC3CN)c[nH]c12. The Labute approximate surface area is 101 Å². The van der Waals surface area contributed by atoms with Crippen LogP contribution < -0.4 is 11.1 Å². The van der Waals surface area contributed by atoms with Crippen LogP contribution >= 0.6 is 0 Å². The number of hydrogen-bond donors (Lipinski definition) is 3. The summed E-state index contributed by atoms with van der Waals surface area (Å²) in [5.74, 6) is 0.564. The van der Waals surface area contributed by atoms with E-state index in [9.17, 15) is 0 Å². The van der Waals surface area contributed by atoms with E-state index in [-0.39, 0.29) is 0 Å². The Kier molecular flexibility index (Phi) is 2.65. The summed E-state index contributed by atoms with van der Waals surface area (Å²) in [6.07, 6.45) is 3.32. The summed E-state index contributed by atoms with van der Waals surface area (Å²) in [6, 6.07) is 6.88. The molecule has 1 saturated heterocycles. The van der Waals surface area contributed by atoms with E-state index in [1.165, 1.54) is 28.5 Å². The fourth-order valence-corrected chi connectivity index (χ4v) is 2.96. The molecule has 0 saturated carbocycles. The molecule has 0 bridgehead atoms. The Morgan fingerprint density at radius 3 is 3.12 bits per heavy atom. The summed E-state index contributed by atoms with van der Waals surface area (Å²) in [7, 11) is 0. The summed E-state index contributed by atoms with van der Waals surface area (Å²) in [5, 5.41) is 4.91. The summed E-state index contributed by atoms with van der Waals surface area (Å²) in [6.45, 7) is 3.98. The molecule has 0 radical (unpaired) electrons. The van der Waals surface area contributed by atoms with Gasteiger partial charge in [-0.25, -0.2) is 0 Å². The van der Waals surface area contributed by atoms with Crippen LogP contribution in [-0.2, 0) is 0 Å². The monoisotopic (exact) mass is 229 g/mol. The van der Waals surface area contributed by atoms with Crippen LogP contribution in [0.2, 0.25) is 0 Å². The lowest BCUT2D eigenvalue weighted by Gasteiger charge is -2.17. The number of benzene rings is 1. The first-order chi connectivity index (χ1) is 8.31. The molecule has 4 N–H and O–H groups in total. The second-order valence-electron chi connectivity index (χ2n) is 4.96. The van der Waals surface area contributed by atoms with Gasteiger partial charge in [0.05, 0.1) is 0 Å². The minimum Gasteiger partial charge on any atom is -0.361 e. The van der Waals surface area contributed by atoms with Gasteiger partial charge in [0.15, 0.2) is 0 Å². The summed E-state index contributed by atoms with van der Waals surface area (Å²) < 4.78 is 0. The maximum absolute atomic E-state index is 5.85. The summed E-state index contributed by atoms with van der Waals surface area (Å²) >= 11 is 0. The van der Waals surface area contributed by atoms with Gasteiger partial charge in [0.1, 0.15) is 0 Å². The van der Waals surface area contributed by atoms with E-state index < -0.39 is 0 Å². The van der Waals surface area contributed by atoms with Crippen molar-refractivity contribution >= 4 is 10.9 Å². The van der Waals surface area contributed by atoms with Gasteiger partial charge in [-0.2, -0.15) is 0 Å². The Morgan fingerprint density at radius 2 is 2.29 bits per heavy atom. The first kappa shape index (κ1) is 10.8. The number of aryl methyl sites for hydroxylation is 1. The average molecular weight is 229 g/mol. The van der Waals surface area contributed by atoms with E-state index in [4.69, 9.17) is 5.73 Å². The molecule has 0 aliphatic carbocycles. The zero-order valence-corrected chi connectivity index (χ0v) is 10.2. The minimum atomic E-state index is 0.413. The molecular formula is C14H19N3. The maximum atomic E-state index is 5.85. The molecule has 1 fully saturated rings. The van der Waals surface area contributed by atoms with Crippen LogP contribution in [0.25, 0.3) is 10.9 Å². The summed E-state index contributed by atoms with van der Waals surface area (Å²) in [5.41, 5.74) is 9.78. The van der Waals surface area contributed by atoms with Gasteiger partial charge in [-0.3, -0.25) is 0 Å². The van der Waals surface area contributed by atoms with Crippen LogP contribution in [0.4, 0.5) is 0 Å². The van der Waals surface area contributed by atoms with Gasteiger partial charge in [-0.1, -0.05) is 18.2 Å². The number of nitrogens with one attached hydrogen (secondary N) is 2. The minimum absolute atomic E-state index is 0.413. The lowest BCUT2D eigenvalue weighted by molar-refractivity contribution is 0.475. The molecule has 1 aromatic carbocycles. The number of fused-ring (bicyclic) bond motifs is 1. The van der Waals surface area contributed by atoms with Gasteiger partial charge >= 0.3 is 0 Å². The van der Waals surface area contributed by atoms with E-state index in [1.807, 2.05) is 0 Å². The predicted molar refractivity (Wildman–Crippen MR) is 70.9 cm³/mol. The highest BCUT2D eigenvalue weighted by Gasteiger charge is 2.28. The van der Waals surface area contributed by atoms with Crippen LogP contribution in [0.15, 0.2) is 24.4 Å². The molecule has 2 unspecified atom stereocenters. The molecule has 1 aliphatic heterocycles. The van der Waals surface area contributed by atoms with Gasteiger partial charge in [-0.15, -0.1) is 0 Å². The molecular weight excluding hydrogens is 210 g/mol. The standard InChI is InChI=1S/C14H19N3/c1-9-3-2-4-11-12(8-17-13(9)11)14-10(7-15)5-6-16-14/h2-4,8,10,14,16-17H,5-7,15H2,1H3. The third-order valence-corrected chi connectivity index (χ3v) is 3.94. The zero-order chi connectivity index (χ0) is 11.8. The van der Waals surface area contributed by atoms with E-state index >= 15 is 0 Å². The van der Waals surface area contributed by atoms with Crippen molar-refractivity contribution in [2.24, 2.45) is 11.7 Å². The molecule has 0 amide bonds. The first-order valence-electron chi connectivity index (χ1n) is 6.31. The molecule has 2 atom stereocenters. The number of hydrogen-bond acceptors (Lipinski definition) is 2. The Bertz CT molecular complexity index is 529. The molecule has 2 heterocycles. The number of aromatic nitrogens is 1. The van der Waals surface area contributed by atoms with Gasteiger partial charge in [0.2, 0.25) is 0 Å². The lowest BCUT2D eigenvalue weighted by Crippen LogP contribution is -2.22. The molecule has 1 aliphatic rings. The van der Waals surface area contributed by atoms with Gasteiger partial charge in [0, 0.05) is 23.1 Å². The molecule has 2 aromatic rings. The van der Waals surface area contributed by atoms with E-state index in [0.717, 1.165) is 13.1 Å². The van der Waals surface area contributed by atoms with Crippen molar-refractivity contribution in [3.63, 3.8) is 0 Å². The first-order valence-corrected chi connectivity index (χ1v) is 6.31. The van der Waals surface area contributed by atoms with Crippen molar-refractivity contribution in [2.45, 2.75) is 19.4 Å². The Hall–Kier alpha value is -1.32. The van der Waals surface area contributed by atoms with Crippen LogP contribution in [0.5, 0.6) is 0 Å². The Morgan fingerprint density at radius 1 is 1.41 bits per heavy atom. The summed E-state index contributed by atoms with van der Waals surface area (Å²) in [4.78, 5) is 3.40. The smallest absolute Gasteiger partial charge is 0.0487 e. The third-order valence-electron chi connectivity index (χ3n) is 3.94. The van der Waals surface area contributed by atoms with Gasteiger partial charge in [0.25, 0.3) is 0 Å². The zero-order valence-electron chi connectivity index (χ0n) is 10.2. The number of rotatable bonds is 2. The molecule has 17 heavy (non-hydrogen) atoms. The molecule has 3 nitrogen and oxygen atoms in total. The highest BCUT2D eigenvalue weighted by molar-refractivity contribution is 5.86. The highest BCUT2D eigenvalue weighted by atomic mass is 15.0. The van der Waals surface area contributed by atoms with E-state index in [1.54, 1.807) is 0 Å². The normalized spacial score (nSPS) is 24.6. The number of para-hydroxylation sites is 1. The second-order valence-corrected chi connectivity index (χ2v) is 4.96. The fourth-order valence-electron chi connectivity index (χ4n) is 2.96. The van der Waals surface area contributed by atoms with Crippen molar-refractivity contribution in [1.29, 1.82) is 0 Å². The molecule has 0 spiro atoms. The quantitative estimate of drug-likeness (QED) is 0.738. The maximum Gasteiger partial charge on any atom is 0.0487 e. The largest absolute Gasteiger partial charge is 0.361 e. The highest BCUT2D eigenvalue weighted by Crippen LogP contribution is 2.34. The fraction of sp³-hybridized carbons (Fsp3) is 0.429. The molecule has 3 heteroatoms. The van der Waals surface area contributed by atoms with Crippen molar-refractivity contribution in [2.75, 3.05) is 13.1 Å². The van der Waals surface area contributed by atoms with Crippen molar-refractivity contribution in [3.8, 4) is 0 Å². The number of H-pyrrole nitrogens is 1. The second kappa shape index (κ2) is 4.17. The van der Waals surface area contributed by atoms with Crippen LogP contribution in [0.3, 0.4) is 0 Å². The Balaban J connectivity index is 2.09. The van der Waals surface area contributed by atoms with Gasteiger partial charge in [-0.05, 0) is 43.5 Å². The van der Waals surface area contributed by atoms with E-state index in [2.05, 4.69) is 41.6 Å². The third kappa shape index (κ3) is 1.66. The van der Waals surface area contributed by atoms with Crippen molar-refractivity contribution in [3.05, 3.63) is 35.5 Å². The number of nitrogens with two attached hydrogens (primary N) is 1. The lowest BCUT2D eigenvalue weighted by atomic mass is 9.94. The topological polar surface area (TPSA) is 53.8 Å². The van der Waals surface area contributed by atoms with Crippen molar-refractivity contribution in [1.82, 2.24) is 10.3 Å². The van der Waals surface area contributed by atoms with E-state index in [0.29, 0.717) is 12.0 Å². The van der Waals surface area contributed by atoms with Crippen LogP contribution in [-0.4, -0.2) is 18.1 Å². The molecule has 3 rings (SSSR count). The molecule has 1 aromatic heterocycles. The van der Waals surface area contributed by atoms with Crippen molar-refractivity contribution < 1.29 is 0 Å². The average Bonchev–Trinajstić information content (AvgIpc) is 2.94. The molecule has 90 valence electrons. The predicted octanol–water partition coefficient (Wildman–Crippen LogP) is 2.09. The van der Waals surface area contributed by atoms with Gasteiger partial charge < -0.3 is 16.0 Å².